The summed E-state index contributed by atoms with van der Waals surface area (Å²) in [5.41, 5.74) is 3.21. The van der Waals surface area contributed by atoms with Gasteiger partial charge in [-0.15, -0.1) is 11.3 Å². The van der Waals surface area contributed by atoms with Crippen LogP contribution in [0, 0.1) is 24.1 Å². The highest BCUT2D eigenvalue weighted by molar-refractivity contribution is 7.11. The molecule has 26 heavy (non-hydrogen) atoms. The number of benzene rings is 2. The Morgan fingerprint density at radius 1 is 1.31 bits per heavy atom. The maximum absolute atomic E-state index is 13.6. The van der Waals surface area contributed by atoms with E-state index in [1.165, 1.54) is 23.6 Å². The first-order chi connectivity index (χ1) is 12.6. The van der Waals surface area contributed by atoms with E-state index in [1.54, 1.807) is 26.2 Å². The number of hydrogen-bond acceptors (Lipinski definition) is 5. The SMILES string of the molecule is COc1cccc(-c2csc(/C(C#N)=C/Nc3ccc(C)c(F)c3)n2)c1. The Morgan fingerprint density at radius 3 is 2.88 bits per heavy atom. The molecule has 0 atom stereocenters. The van der Waals surface area contributed by atoms with E-state index in [-0.39, 0.29) is 5.82 Å². The quantitative estimate of drug-likeness (QED) is 0.628. The van der Waals surface area contributed by atoms with Crippen LogP contribution >= 0.6 is 11.3 Å². The number of anilines is 1. The number of aryl methyl sites for hydroxylation is 1. The molecular weight excluding hydrogens is 349 g/mol. The fourth-order valence-electron chi connectivity index (χ4n) is 2.29. The molecule has 0 spiro atoms. The van der Waals surface area contributed by atoms with E-state index in [0.717, 1.165) is 17.0 Å². The lowest BCUT2D eigenvalue weighted by molar-refractivity contribution is 0.415. The van der Waals surface area contributed by atoms with Crippen molar-refractivity contribution in [3.05, 3.63) is 70.4 Å². The maximum atomic E-state index is 13.6. The Bertz CT molecular complexity index is 1000. The van der Waals surface area contributed by atoms with Crippen molar-refractivity contribution in [3.63, 3.8) is 0 Å². The summed E-state index contributed by atoms with van der Waals surface area (Å²) in [6, 6.07) is 14.5. The molecule has 0 radical (unpaired) electrons. The van der Waals surface area contributed by atoms with Crippen LogP contribution in [0.3, 0.4) is 0 Å². The third-order valence-electron chi connectivity index (χ3n) is 3.78. The zero-order chi connectivity index (χ0) is 18.5. The predicted octanol–water partition coefficient (Wildman–Crippen LogP) is 5.24. The molecule has 2 aromatic carbocycles. The van der Waals surface area contributed by atoms with E-state index >= 15 is 0 Å². The molecule has 0 bridgehead atoms. The van der Waals surface area contributed by atoms with Crippen molar-refractivity contribution >= 4 is 22.6 Å². The highest BCUT2D eigenvalue weighted by Gasteiger charge is 2.10. The van der Waals surface area contributed by atoms with Gasteiger partial charge >= 0.3 is 0 Å². The van der Waals surface area contributed by atoms with Gasteiger partial charge in [-0.25, -0.2) is 9.37 Å². The summed E-state index contributed by atoms with van der Waals surface area (Å²) in [7, 11) is 1.61. The van der Waals surface area contributed by atoms with Crippen LogP contribution in [-0.4, -0.2) is 12.1 Å². The van der Waals surface area contributed by atoms with E-state index in [1.807, 2.05) is 29.6 Å². The standard InChI is InChI=1S/C20H16FN3OS/c1-13-6-7-16(9-18(13)21)23-11-15(10-22)20-24-19(12-26-20)14-4-3-5-17(8-14)25-2/h3-9,11-12,23H,1-2H3/b15-11+. The van der Waals surface area contributed by atoms with Gasteiger partial charge in [0, 0.05) is 22.8 Å². The molecule has 6 heteroatoms. The van der Waals surface area contributed by atoms with Gasteiger partial charge in [-0.2, -0.15) is 5.26 Å². The van der Waals surface area contributed by atoms with E-state index < -0.39 is 0 Å². The van der Waals surface area contributed by atoms with Gasteiger partial charge in [0.05, 0.1) is 12.8 Å². The molecule has 1 N–H and O–H groups in total. The summed E-state index contributed by atoms with van der Waals surface area (Å²) in [5.74, 6) is 0.452. The Morgan fingerprint density at radius 2 is 2.15 bits per heavy atom. The summed E-state index contributed by atoms with van der Waals surface area (Å²) in [6.45, 7) is 1.70. The van der Waals surface area contributed by atoms with E-state index in [2.05, 4.69) is 16.4 Å². The molecular formula is C20H16FN3OS. The molecule has 0 saturated carbocycles. The molecule has 0 aliphatic carbocycles. The fraction of sp³-hybridized carbons (Fsp3) is 0.100. The van der Waals surface area contributed by atoms with E-state index in [9.17, 15) is 9.65 Å². The van der Waals surface area contributed by atoms with Crippen molar-refractivity contribution in [2.45, 2.75) is 6.92 Å². The van der Waals surface area contributed by atoms with Crippen molar-refractivity contribution in [1.29, 1.82) is 5.26 Å². The topological polar surface area (TPSA) is 57.9 Å². The van der Waals surface area contributed by atoms with E-state index in [0.29, 0.717) is 21.8 Å². The third-order valence-corrected chi connectivity index (χ3v) is 4.65. The minimum absolute atomic E-state index is 0.295. The molecule has 1 heterocycles. The number of ether oxygens (including phenoxy) is 1. The van der Waals surface area contributed by atoms with Crippen molar-refractivity contribution < 1.29 is 9.13 Å². The molecule has 0 aliphatic heterocycles. The molecule has 0 amide bonds. The molecule has 1 aromatic heterocycles. The molecule has 0 saturated heterocycles. The monoisotopic (exact) mass is 365 g/mol. The number of methoxy groups -OCH3 is 1. The average molecular weight is 365 g/mol. The maximum Gasteiger partial charge on any atom is 0.136 e. The molecule has 3 rings (SSSR count). The summed E-state index contributed by atoms with van der Waals surface area (Å²) < 4.78 is 18.8. The minimum atomic E-state index is -0.295. The number of thiazole rings is 1. The van der Waals surface area contributed by atoms with Crippen LogP contribution < -0.4 is 10.1 Å². The summed E-state index contributed by atoms with van der Waals surface area (Å²) >= 11 is 1.37. The zero-order valence-corrected chi connectivity index (χ0v) is 15.1. The lowest BCUT2D eigenvalue weighted by Crippen LogP contribution is -1.93. The number of hydrogen-bond donors (Lipinski definition) is 1. The van der Waals surface area contributed by atoms with E-state index in [4.69, 9.17) is 4.74 Å². The van der Waals surface area contributed by atoms with Crippen molar-refractivity contribution in [2.24, 2.45) is 0 Å². The number of rotatable bonds is 5. The first-order valence-corrected chi connectivity index (χ1v) is 8.72. The Hall–Kier alpha value is -3.17. The summed E-state index contributed by atoms with van der Waals surface area (Å²) in [5, 5.41) is 14.9. The largest absolute Gasteiger partial charge is 0.497 e. The molecule has 4 nitrogen and oxygen atoms in total. The number of nitriles is 1. The van der Waals surface area contributed by atoms with Crippen LogP contribution in [0.2, 0.25) is 0 Å². The fourth-order valence-corrected chi connectivity index (χ4v) is 3.09. The second-order valence-corrected chi connectivity index (χ2v) is 6.41. The number of aromatic nitrogens is 1. The van der Waals surface area contributed by atoms with Crippen LogP contribution in [0.25, 0.3) is 16.8 Å². The van der Waals surface area contributed by atoms with Crippen LogP contribution in [0.15, 0.2) is 54.0 Å². The lowest BCUT2D eigenvalue weighted by atomic mass is 10.1. The number of nitrogens with one attached hydrogen (secondary N) is 1. The van der Waals surface area contributed by atoms with Gasteiger partial charge < -0.3 is 10.1 Å². The second kappa shape index (κ2) is 7.81. The van der Waals surface area contributed by atoms with Crippen molar-refractivity contribution in [2.75, 3.05) is 12.4 Å². The van der Waals surface area contributed by atoms with Gasteiger partial charge in [0.2, 0.25) is 0 Å². The van der Waals surface area contributed by atoms with Crippen molar-refractivity contribution in [1.82, 2.24) is 4.98 Å². The van der Waals surface area contributed by atoms with Crippen LogP contribution in [0.4, 0.5) is 10.1 Å². The van der Waals surface area contributed by atoms with Gasteiger partial charge in [-0.3, -0.25) is 0 Å². The Kier molecular flexibility index (Phi) is 5.30. The van der Waals surface area contributed by atoms with Gasteiger partial charge in [-0.05, 0) is 36.8 Å². The van der Waals surface area contributed by atoms with Gasteiger partial charge in [0.25, 0.3) is 0 Å². The zero-order valence-electron chi connectivity index (χ0n) is 14.3. The summed E-state index contributed by atoms with van der Waals surface area (Å²) in [6.07, 6.45) is 1.54. The highest BCUT2D eigenvalue weighted by atomic mass is 32.1. The predicted molar refractivity (Wildman–Crippen MR) is 102 cm³/mol. The lowest BCUT2D eigenvalue weighted by Gasteiger charge is -2.03. The minimum Gasteiger partial charge on any atom is -0.497 e. The van der Waals surface area contributed by atoms with Gasteiger partial charge in [-0.1, -0.05) is 18.2 Å². The summed E-state index contributed by atoms with van der Waals surface area (Å²) in [4.78, 5) is 4.53. The second-order valence-electron chi connectivity index (χ2n) is 5.55. The normalized spacial score (nSPS) is 11.1. The smallest absolute Gasteiger partial charge is 0.136 e. The number of nitrogens with zero attached hydrogens (tertiary/aromatic N) is 2. The third kappa shape index (κ3) is 3.90. The highest BCUT2D eigenvalue weighted by Crippen LogP contribution is 2.28. The molecule has 0 unspecified atom stereocenters. The molecule has 130 valence electrons. The average Bonchev–Trinajstić information content (AvgIpc) is 3.15. The molecule has 0 aliphatic rings. The van der Waals surface area contributed by atoms with Crippen LogP contribution in [-0.2, 0) is 0 Å². The van der Waals surface area contributed by atoms with Gasteiger partial charge in [0.1, 0.15) is 28.2 Å². The first-order valence-electron chi connectivity index (χ1n) is 7.84. The molecule has 0 fully saturated rings. The number of allylic oxidation sites excluding steroid dienone is 1. The Balaban J connectivity index is 1.83. The van der Waals surface area contributed by atoms with Crippen LogP contribution in [0.5, 0.6) is 5.75 Å². The first kappa shape index (κ1) is 17.6. The molecule has 3 aromatic rings. The Labute approximate surface area is 155 Å². The van der Waals surface area contributed by atoms with Crippen LogP contribution in [0.1, 0.15) is 10.6 Å². The number of halogens is 1. The van der Waals surface area contributed by atoms with Gasteiger partial charge in [0.15, 0.2) is 0 Å². The van der Waals surface area contributed by atoms with Crippen molar-refractivity contribution in [3.8, 4) is 23.1 Å².